The molecule has 1 saturated heterocycles. The second kappa shape index (κ2) is 5.06. The molecule has 0 saturated carbocycles. The van der Waals surface area contributed by atoms with Gasteiger partial charge in [0, 0.05) is 25.2 Å². The maximum atomic E-state index is 8.78. The first kappa shape index (κ1) is 12.8. The molecule has 20 heavy (non-hydrogen) atoms. The van der Waals surface area contributed by atoms with E-state index in [4.69, 9.17) is 9.78 Å². The first-order valence-corrected chi connectivity index (χ1v) is 6.65. The van der Waals surface area contributed by atoms with Crippen LogP contribution in [-0.2, 0) is 6.54 Å². The Labute approximate surface area is 116 Å². The summed E-state index contributed by atoms with van der Waals surface area (Å²) in [5.41, 5.74) is 0.599. The van der Waals surface area contributed by atoms with E-state index >= 15 is 0 Å². The van der Waals surface area contributed by atoms with Crippen molar-refractivity contribution in [3.8, 4) is 6.07 Å². The number of nitriles is 1. The summed E-state index contributed by atoms with van der Waals surface area (Å²) in [7, 11) is 0. The predicted molar refractivity (Wildman–Crippen MR) is 69.6 cm³/mol. The van der Waals surface area contributed by atoms with Gasteiger partial charge in [0.05, 0.1) is 24.3 Å². The normalized spacial score (nSPS) is 16.3. The molecule has 104 valence electrons. The molecule has 0 atom stereocenters. The van der Waals surface area contributed by atoms with Crippen molar-refractivity contribution < 1.29 is 4.52 Å². The SMILES string of the molecule is CC(C)c1noc(CN2CC(n3cc(C#N)cn3)C2)n1. The largest absolute Gasteiger partial charge is 0.338 e. The van der Waals surface area contributed by atoms with Crippen LogP contribution in [0.25, 0.3) is 0 Å². The zero-order valence-electron chi connectivity index (χ0n) is 11.5. The topological polar surface area (TPSA) is 83.8 Å². The zero-order chi connectivity index (χ0) is 14.1. The maximum Gasteiger partial charge on any atom is 0.240 e. The average molecular weight is 272 g/mol. The van der Waals surface area contributed by atoms with Gasteiger partial charge in [0.15, 0.2) is 5.82 Å². The maximum absolute atomic E-state index is 8.78. The quantitative estimate of drug-likeness (QED) is 0.834. The molecule has 0 amide bonds. The van der Waals surface area contributed by atoms with Crippen LogP contribution in [-0.4, -0.2) is 37.9 Å². The highest BCUT2D eigenvalue weighted by atomic mass is 16.5. The predicted octanol–water partition coefficient (Wildman–Crippen LogP) is 1.32. The van der Waals surface area contributed by atoms with Crippen molar-refractivity contribution in [2.75, 3.05) is 13.1 Å². The second-order valence-corrected chi connectivity index (χ2v) is 5.37. The van der Waals surface area contributed by atoms with Crippen molar-refractivity contribution in [3.05, 3.63) is 29.7 Å². The third-order valence-electron chi connectivity index (χ3n) is 3.40. The fraction of sp³-hybridized carbons (Fsp3) is 0.538. The molecule has 0 N–H and O–H groups in total. The van der Waals surface area contributed by atoms with E-state index < -0.39 is 0 Å². The summed E-state index contributed by atoms with van der Waals surface area (Å²) in [6.07, 6.45) is 3.38. The minimum atomic E-state index is 0.283. The molecular weight excluding hydrogens is 256 g/mol. The molecule has 1 fully saturated rings. The summed E-state index contributed by atoms with van der Waals surface area (Å²) in [4.78, 5) is 6.58. The number of likely N-dealkylation sites (tertiary alicyclic amines) is 1. The molecule has 1 aliphatic heterocycles. The van der Waals surface area contributed by atoms with Gasteiger partial charge in [0.25, 0.3) is 0 Å². The van der Waals surface area contributed by atoms with Gasteiger partial charge in [-0.3, -0.25) is 9.58 Å². The van der Waals surface area contributed by atoms with Crippen molar-refractivity contribution >= 4 is 0 Å². The Morgan fingerprint density at radius 2 is 2.30 bits per heavy atom. The van der Waals surface area contributed by atoms with Crippen molar-refractivity contribution in [2.45, 2.75) is 32.4 Å². The highest BCUT2D eigenvalue weighted by Crippen LogP contribution is 2.22. The van der Waals surface area contributed by atoms with Crippen LogP contribution >= 0.6 is 0 Å². The molecule has 3 rings (SSSR count). The molecule has 0 radical (unpaired) electrons. The minimum absolute atomic E-state index is 0.283. The van der Waals surface area contributed by atoms with E-state index in [2.05, 4.69) is 26.2 Å². The van der Waals surface area contributed by atoms with Crippen LogP contribution < -0.4 is 0 Å². The van der Waals surface area contributed by atoms with Gasteiger partial charge in [0.2, 0.25) is 5.89 Å². The van der Waals surface area contributed by atoms with E-state index in [-0.39, 0.29) is 5.92 Å². The Morgan fingerprint density at radius 3 is 2.90 bits per heavy atom. The van der Waals surface area contributed by atoms with Crippen LogP contribution in [0.4, 0.5) is 0 Å². The van der Waals surface area contributed by atoms with Gasteiger partial charge < -0.3 is 4.52 Å². The monoisotopic (exact) mass is 272 g/mol. The van der Waals surface area contributed by atoms with Crippen molar-refractivity contribution in [3.63, 3.8) is 0 Å². The molecule has 3 heterocycles. The Kier molecular flexibility index (Phi) is 3.24. The Morgan fingerprint density at radius 1 is 1.50 bits per heavy atom. The van der Waals surface area contributed by atoms with Crippen LogP contribution in [0.15, 0.2) is 16.9 Å². The minimum Gasteiger partial charge on any atom is -0.338 e. The second-order valence-electron chi connectivity index (χ2n) is 5.37. The fourth-order valence-corrected chi connectivity index (χ4v) is 2.19. The zero-order valence-corrected chi connectivity index (χ0v) is 11.5. The molecule has 1 aliphatic rings. The summed E-state index contributed by atoms with van der Waals surface area (Å²) in [5, 5.41) is 16.9. The molecule has 2 aromatic rings. The molecule has 0 spiro atoms. The summed E-state index contributed by atoms with van der Waals surface area (Å²) in [6, 6.07) is 2.41. The summed E-state index contributed by atoms with van der Waals surface area (Å²) < 4.78 is 7.08. The van der Waals surface area contributed by atoms with Crippen LogP contribution in [0.1, 0.15) is 43.1 Å². The smallest absolute Gasteiger partial charge is 0.240 e. The Hall–Kier alpha value is -2.20. The third kappa shape index (κ3) is 2.42. The Bertz CT molecular complexity index is 631. The summed E-state index contributed by atoms with van der Waals surface area (Å²) >= 11 is 0. The number of nitrogens with zero attached hydrogens (tertiary/aromatic N) is 6. The van der Waals surface area contributed by atoms with Crippen LogP contribution in [0.3, 0.4) is 0 Å². The van der Waals surface area contributed by atoms with Gasteiger partial charge in [-0.05, 0) is 0 Å². The van der Waals surface area contributed by atoms with Crippen molar-refractivity contribution in [1.29, 1.82) is 5.26 Å². The molecule has 7 heteroatoms. The number of hydrogen-bond donors (Lipinski definition) is 0. The molecule has 0 aliphatic carbocycles. The van der Waals surface area contributed by atoms with Gasteiger partial charge in [-0.1, -0.05) is 19.0 Å². The van der Waals surface area contributed by atoms with E-state index in [9.17, 15) is 0 Å². The van der Waals surface area contributed by atoms with Crippen LogP contribution in [0.5, 0.6) is 0 Å². The lowest BCUT2D eigenvalue weighted by molar-refractivity contribution is 0.0790. The first-order valence-electron chi connectivity index (χ1n) is 6.65. The van der Waals surface area contributed by atoms with E-state index in [1.54, 1.807) is 12.4 Å². The summed E-state index contributed by atoms with van der Waals surface area (Å²) in [5.74, 6) is 1.69. The standard InChI is InChI=1S/C13H16N6O/c1-9(2)13-16-12(20-17-13)8-18-6-11(7-18)19-5-10(3-14)4-15-19/h4-5,9,11H,6-8H2,1-2H3. The van der Waals surface area contributed by atoms with Gasteiger partial charge in [-0.15, -0.1) is 0 Å². The fourth-order valence-electron chi connectivity index (χ4n) is 2.19. The van der Waals surface area contributed by atoms with Gasteiger partial charge in [-0.2, -0.15) is 15.3 Å². The highest BCUT2D eigenvalue weighted by molar-refractivity contribution is 5.22. The van der Waals surface area contributed by atoms with Crippen molar-refractivity contribution in [2.24, 2.45) is 0 Å². The molecule has 0 unspecified atom stereocenters. The van der Waals surface area contributed by atoms with Crippen LogP contribution in [0.2, 0.25) is 0 Å². The van der Waals surface area contributed by atoms with E-state index in [1.165, 1.54) is 0 Å². The Balaban J connectivity index is 1.54. The average Bonchev–Trinajstić information content (AvgIpc) is 3.02. The lowest BCUT2D eigenvalue weighted by atomic mass is 10.1. The van der Waals surface area contributed by atoms with Gasteiger partial charge >= 0.3 is 0 Å². The summed E-state index contributed by atoms with van der Waals surface area (Å²) in [6.45, 7) is 6.51. The molecule has 0 aromatic carbocycles. The third-order valence-corrected chi connectivity index (χ3v) is 3.40. The first-order chi connectivity index (χ1) is 9.65. The lowest BCUT2D eigenvalue weighted by Gasteiger charge is -2.38. The van der Waals surface area contributed by atoms with Crippen LogP contribution in [0, 0.1) is 11.3 Å². The van der Waals surface area contributed by atoms with Gasteiger partial charge in [-0.25, -0.2) is 0 Å². The highest BCUT2D eigenvalue weighted by Gasteiger charge is 2.30. The lowest BCUT2D eigenvalue weighted by Crippen LogP contribution is -2.47. The molecule has 7 nitrogen and oxygen atoms in total. The number of rotatable bonds is 4. The van der Waals surface area contributed by atoms with E-state index in [0.29, 0.717) is 24.0 Å². The van der Waals surface area contributed by atoms with Gasteiger partial charge in [0.1, 0.15) is 6.07 Å². The van der Waals surface area contributed by atoms with E-state index in [0.717, 1.165) is 18.9 Å². The molecule has 2 aromatic heterocycles. The van der Waals surface area contributed by atoms with E-state index in [1.807, 2.05) is 18.5 Å². The number of hydrogen-bond acceptors (Lipinski definition) is 6. The number of aromatic nitrogens is 4. The molecule has 0 bridgehead atoms. The molecular formula is C13H16N6O. The van der Waals surface area contributed by atoms with Crippen molar-refractivity contribution in [1.82, 2.24) is 24.8 Å².